The molecule has 0 radical (unpaired) electrons. The summed E-state index contributed by atoms with van der Waals surface area (Å²) in [4.78, 5) is 25.6. The van der Waals surface area contributed by atoms with Crippen LogP contribution in [0.1, 0.15) is 16.2 Å². The van der Waals surface area contributed by atoms with Gasteiger partial charge in [-0.25, -0.2) is 5.43 Å². The Morgan fingerprint density at radius 3 is 2.65 bits per heavy atom. The van der Waals surface area contributed by atoms with E-state index in [0.717, 1.165) is 6.07 Å². The maximum atomic E-state index is 11.9. The zero-order chi connectivity index (χ0) is 18.7. The van der Waals surface area contributed by atoms with Gasteiger partial charge in [-0.05, 0) is 18.2 Å². The Balaban J connectivity index is 1.70. The maximum absolute atomic E-state index is 11.9. The molecule has 0 saturated heterocycles. The number of nitrogens with one attached hydrogen (secondary N) is 1. The summed E-state index contributed by atoms with van der Waals surface area (Å²) in [5, 5.41) is 18.5. The van der Waals surface area contributed by atoms with E-state index in [4.69, 9.17) is 32.1 Å². The molecule has 0 fully saturated rings. The summed E-state index contributed by atoms with van der Waals surface area (Å²) in [6.45, 7) is 0. The van der Waals surface area contributed by atoms with Crippen LogP contribution in [0.2, 0.25) is 10.0 Å². The lowest BCUT2D eigenvalue weighted by molar-refractivity contribution is -0.401. The van der Waals surface area contributed by atoms with Crippen LogP contribution in [0.4, 0.5) is 5.88 Å². The Morgan fingerprint density at radius 1 is 1.27 bits per heavy atom. The van der Waals surface area contributed by atoms with E-state index in [0.29, 0.717) is 15.6 Å². The predicted molar refractivity (Wildman–Crippen MR) is 90.2 cm³/mol. The summed E-state index contributed by atoms with van der Waals surface area (Å²) < 4.78 is 9.69. The SMILES string of the molecule is O=C(NN=Cc1c(Cl)cccc1Cl)c1nc(-c2ccc([N+](=O)[O-])o2)no1. The predicted octanol–water partition coefficient (Wildman–Crippen LogP) is 3.31. The topological polar surface area (TPSA) is 137 Å². The minimum absolute atomic E-state index is 0.0224. The van der Waals surface area contributed by atoms with E-state index in [1.807, 2.05) is 0 Å². The van der Waals surface area contributed by atoms with E-state index in [2.05, 4.69) is 20.7 Å². The first-order valence-corrected chi connectivity index (χ1v) is 7.57. The van der Waals surface area contributed by atoms with Gasteiger partial charge in [0.1, 0.15) is 4.92 Å². The highest BCUT2D eigenvalue weighted by Crippen LogP contribution is 2.24. The molecule has 3 aromatic rings. The molecular formula is C14H7Cl2N5O5. The van der Waals surface area contributed by atoms with Crippen molar-refractivity contribution in [1.29, 1.82) is 0 Å². The molecule has 3 rings (SSSR count). The quantitative estimate of drug-likeness (QED) is 0.397. The van der Waals surface area contributed by atoms with Crippen molar-refractivity contribution in [3.8, 4) is 11.6 Å². The molecule has 12 heteroatoms. The van der Waals surface area contributed by atoms with Crippen LogP contribution in [0.25, 0.3) is 11.6 Å². The first kappa shape index (κ1) is 17.6. The number of nitro groups is 1. The summed E-state index contributed by atoms with van der Waals surface area (Å²) in [5.41, 5.74) is 2.59. The second kappa shape index (κ2) is 7.33. The Labute approximate surface area is 154 Å². The van der Waals surface area contributed by atoms with Gasteiger partial charge in [0.25, 0.3) is 0 Å². The van der Waals surface area contributed by atoms with Crippen LogP contribution in [0.5, 0.6) is 0 Å². The van der Waals surface area contributed by atoms with Crippen LogP contribution < -0.4 is 5.43 Å². The fraction of sp³-hybridized carbons (Fsp3) is 0. The Morgan fingerprint density at radius 2 is 2.00 bits per heavy atom. The maximum Gasteiger partial charge on any atom is 0.433 e. The number of rotatable bonds is 5. The molecule has 10 nitrogen and oxygen atoms in total. The van der Waals surface area contributed by atoms with Gasteiger partial charge < -0.3 is 8.94 Å². The summed E-state index contributed by atoms with van der Waals surface area (Å²) in [7, 11) is 0. The third-order valence-corrected chi connectivity index (χ3v) is 3.63. The third-order valence-electron chi connectivity index (χ3n) is 2.97. The van der Waals surface area contributed by atoms with Crippen LogP contribution in [-0.2, 0) is 0 Å². The first-order valence-electron chi connectivity index (χ1n) is 6.81. The molecule has 0 spiro atoms. The second-order valence-electron chi connectivity index (χ2n) is 4.65. The smallest absolute Gasteiger partial charge is 0.397 e. The van der Waals surface area contributed by atoms with Gasteiger partial charge in [0.15, 0.2) is 5.76 Å². The average Bonchev–Trinajstić information content (AvgIpc) is 3.26. The molecule has 1 N–H and O–H groups in total. The molecule has 132 valence electrons. The number of hydrogen-bond acceptors (Lipinski definition) is 8. The number of carbonyl (C=O) groups is 1. The molecule has 0 aliphatic rings. The molecule has 2 aromatic heterocycles. The number of furan rings is 1. The van der Waals surface area contributed by atoms with Crippen LogP contribution >= 0.6 is 23.2 Å². The average molecular weight is 396 g/mol. The second-order valence-corrected chi connectivity index (χ2v) is 5.47. The molecule has 0 bridgehead atoms. The number of hydrogen-bond donors (Lipinski definition) is 1. The van der Waals surface area contributed by atoms with Crippen LogP contribution in [-0.4, -0.2) is 27.2 Å². The molecular weight excluding hydrogens is 389 g/mol. The minimum Gasteiger partial charge on any atom is -0.397 e. The van der Waals surface area contributed by atoms with Gasteiger partial charge in [0.2, 0.25) is 5.82 Å². The molecule has 0 aliphatic heterocycles. The Kier molecular flexibility index (Phi) is 4.96. The van der Waals surface area contributed by atoms with Gasteiger partial charge in [-0.3, -0.25) is 14.9 Å². The van der Waals surface area contributed by atoms with Crippen molar-refractivity contribution < 1.29 is 18.7 Å². The normalized spacial score (nSPS) is 11.0. The van der Waals surface area contributed by atoms with Crippen LogP contribution in [0.15, 0.2) is 44.4 Å². The van der Waals surface area contributed by atoms with Crippen molar-refractivity contribution in [1.82, 2.24) is 15.6 Å². The van der Waals surface area contributed by atoms with Crippen molar-refractivity contribution in [3.63, 3.8) is 0 Å². The van der Waals surface area contributed by atoms with Crippen LogP contribution in [0.3, 0.4) is 0 Å². The molecule has 1 aromatic carbocycles. The number of amides is 1. The van der Waals surface area contributed by atoms with E-state index in [9.17, 15) is 14.9 Å². The van der Waals surface area contributed by atoms with E-state index >= 15 is 0 Å². The van der Waals surface area contributed by atoms with Crippen LogP contribution in [0, 0.1) is 10.1 Å². The molecule has 0 saturated carbocycles. The largest absolute Gasteiger partial charge is 0.433 e. The fourth-order valence-corrected chi connectivity index (χ4v) is 2.29. The minimum atomic E-state index is -0.802. The van der Waals surface area contributed by atoms with Crippen molar-refractivity contribution in [2.75, 3.05) is 0 Å². The number of carbonyl (C=O) groups excluding carboxylic acids is 1. The van der Waals surface area contributed by atoms with E-state index in [1.54, 1.807) is 18.2 Å². The number of hydrazone groups is 1. The lowest BCUT2D eigenvalue weighted by Crippen LogP contribution is -2.18. The first-order chi connectivity index (χ1) is 12.5. The lowest BCUT2D eigenvalue weighted by atomic mass is 10.2. The molecule has 26 heavy (non-hydrogen) atoms. The van der Waals surface area contributed by atoms with Gasteiger partial charge >= 0.3 is 17.7 Å². The molecule has 0 aliphatic carbocycles. The zero-order valence-electron chi connectivity index (χ0n) is 12.6. The molecule has 1 amide bonds. The summed E-state index contributed by atoms with van der Waals surface area (Å²) in [6.07, 6.45) is 1.26. The van der Waals surface area contributed by atoms with Gasteiger partial charge in [0, 0.05) is 5.56 Å². The van der Waals surface area contributed by atoms with Gasteiger partial charge in [0.05, 0.1) is 22.3 Å². The number of aromatic nitrogens is 2. The van der Waals surface area contributed by atoms with Crippen molar-refractivity contribution in [2.45, 2.75) is 0 Å². The van der Waals surface area contributed by atoms with Gasteiger partial charge in [-0.15, -0.1) is 0 Å². The number of halogens is 2. The molecule has 2 heterocycles. The summed E-state index contributed by atoms with van der Waals surface area (Å²) in [6, 6.07) is 7.30. The molecule has 0 atom stereocenters. The summed E-state index contributed by atoms with van der Waals surface area (Å²) >= 11 is 11.9. The van der Waals surface area contributed by atoms with Gasteiger partial charge in [-0.2, -0.15) is 10.1 Å². The van der Waals surface area contributed by atoms with Crippen molar-refractivity contribution in [2.24, 2.45) is 5.10 Å². The summed E-state index contributed by atoms with van der Waals surface area (Å²) in [5.74, 6) is -1.85. The molecule has 0 unspecified atom stereocenters. The number of nitrogens with zero attached hydrogens (tertiary/aromatic N) is 4. The van der Waals surface area contributed by atoms with Crippen molar-refractivity contribution >= 4 is 41.2 Å². The van der Waals surface area contributed by atoms with Gasteiger partial charge in [-0.1, -0.05) is 34.4 Å². The highest BCUT2D eigenvalue weighted by molar-refractivity contribution is 6.38. The standard InChI is InChI=1S/C14H7Cl2N5O5/c15-8-2-1-3-9(16)7(8)6-17-19-13(22)14-18-12(20-26-14)10-4-5-11(25-10)21(23)24/h1-6H,(H,19,22). The Bertz CT molecular complexity index is 993. The highest BCUT2D eigenvalue weighted by Gasteiger charge is 2.20. The Hall–Kier alpha value is -3.24. The third kappa shape index (κ3) is 3.71. The van der Waals surface area contributed by atoms with E-state index in [1.165, 1.54) is 12.3 Å². The fourth-order valence-electron chi connectivity index (χ4n) is 1.80. The van der Waals surface area contributed by atoms with Crippen molar-refractivity contribution in [3.05, 3.63) is 61.9 Å². The monoisotopic (exact) mass is 395 g/mol. The van der Waals surface area contributed by atoms with E-state index < -0.39 is 22.6 Å². The lowest BCUT2D eigenvalue weighted by Gasteiger charge is -2.00. The number of benzene rings is 1. The zero-order valence-corrected chi connectivity index (χ0v) is 14.1. The van der Waals surface area contributed by atoms with E-state index in [-0.39, 0.29) is 11.6 Å². The highest BCUT2D eigenvalue weighted by atomic mass is 35.5.